The molecular weight excluding hydrogens is 306 g/mol. The van der Waals surface area contributed by atoms with Crippen LogP contribution in [0.2, 0.25) is 0 Å². The Morgan fingerprint density at radius 2 is 1.88 bits per heavy atom. The summed E-state index contributed by atoms with van der Waals surface area (Å²) in [5.74, 6) is 0.161. The van der Waals surface area contributed by atoms with Crippen LogP contribution in [0, 0.1) is 5.92 Å². The van der Waals surface area contributed by atoms with Gasteiger partial charge in [0.05, 0.1) is 25.2 Å². The minimum absolute atomic E-state index is 0.0445. The Balaban J connectivity index is 2.16. The topological polar surface area (TPSA) is 75.5 Å². The van der Waals surface area contributed by atoms with E-state index in [-0.39, 0.29) is 11.7 Å². The van der Waals surface area contributed by atoms with Crippen LogP contribution in [0.1, 0.15) is 41.6 Å². The number of carbonyl (C=O) groups is 1. The molecule has 0 amide bonds. The highest BCUT2D eigenvalue weighted by atomic mass is 16.5. The molecule has 1 heterocycles. The zero-order valence-electron chi connectivity index (χ0n) is 14.4. The van der Waals surface area contributed by atoms with E-state index in [9.17, 15) is 4.79 Å². The molecular formula is C18H23N3O3. The molecule has 2 aromatic rings. The van der Waals surface area contributed by atoms with Gasteiger partial charge in [0.1, 0.15) is 5.75 Å². The summed E-state index contributed by atoms with van der Waals surface area (Å²) in [6.07, 6.45) is 2.81. The van der Waals surface area contributed by atoms with E-state index in [1.165, 1.54) is 18.0 Å². The quantitative estimate of drug-likeness (QED) is 0.841. The summed E-state index contributed by atoms with van der Waals surface area (Å²) in [6.45, 7) is 4.93. The van der Waals surface area contributed by atoms with Gasteiger partial charge in [-0.25, -0.2) is 9.78 Å². The first-order valence-corrected chi connectivity index (χ1v) is 7.80. The number of aromatic nitrogens is 2. The van der Waals surface area contributed by atoms with Gasteiger partial charge >= 0.3 is 5.97 Å². The largest absolute Gasteiger partial charge is 0.497 e. The third-order valence-corrected chi connectivity index (χ3v) is 3.90. The zero-order chi connectivity index (χ0) is 17.7. The van der Waals surface area contributed by atoms with Gasteiger partial charge in [-0.1, -0.05) is 26.0 Å². The van der Waals surface area contributed by atoms with Crippen molar-refractivity contribution in [3.8, 4) is 5.75 Å². The van der Waals surface area contributed by atoms with Crippen molar-refractivity contribution in [1.82, 2.24) is 14.9 Å². The molecule has 0 spiro atoms. The minimum atomic E-state index is -1.07. The number of methoxy groups -OCH3 is 1. The Morgan fingerprint density at radius 3 is 2.33 bits per heavy atom. The summed E-state index contributed by atoms with van der Waals surface area (Å²) in [4.78, 5) is 21.2. The number of hydrogen-bond acceptors (Lipinski definition) is 5. The van der Waals surface area contributed by atoms with E-state index in [1.54, 1.807) is 7.11 Å². The Bertz CT molecular complexity index is 669. The second-order valence-electron chi connectivity index (χ2n) is 6.08. The molecule has 1 atom stereocenters. The average Bonchev–Trinajstić information content (AvgIpc) is 2.55. The Labute approximate surface area is 142 Å². The molecule has 0 saturated heterocycles. The number of aromatic carboxylic acids is 1. The van der Waals surface area contributed by atoms with Gasteiger partial charge in [-0.15, -0.1) is 0 Å². The maximum atomic E-state index is 10.8. The fourth-order valence-electron chi connectivity index (χ4n) is 2.85. The second kappa shape index (κ2) is 7.88. The Morgan fingerprint density at radius 1 is 1.21 bits per heavy atom. The Kier molecular flexibility index (Phi) is 5.87. The van der Waals surface area contributed by atoms with Crippen molar-refractivity contribution in [3.05, 3.63) is 53.6 Å². The third kappa shape index (κ3) is 4.29. The molecule has 0 aliphatic carbocycles. The van der Waals surface area contributed by atoms with Crippen LogP contribution in [0.3, 0.4) is 0 Å². The zero-order valence-corrected chi connectivity index (χ0v) is 14.4. The van der Waals surface area contributed by atoms with Gasteiger partial charge in [0.25, 0.3) is 0 Å². The second-order valence-corrected chi connectivity index (χ2v) is 6.08. The van der Waals surface area contributed by atoms with E-state index in [4.69, 9.17) is 9.84 Å². The van der Waals surface area contributed by atoms with E-state index in [1.807, 2.05) is 19.2 Å². The summed E-state index contributed by atoms with van der Waals surface area (Å²) < 4.78 is 5.22. The lowest BCUT2D eigenvalue weighted by Crippen LogP contribution is -2.28. The number of ether oxygens (including phenoxy) is 1. The number of rotatable bonds is 7. The highest BCUT2D eigenvalue weighted by molar-refractivity contribution is 5.84. The van der Waals surface area contributed by atoms with Gasteiger partial charge in [-0.2, -0.15) is 0 Å². The predicted octanol–water partition coefficient (Wildman–Crippen LogP) is 3.01. The van der Waals surface area contributed by atoms with Crippen molar-refractivity contribution in [3.63, 3.8) is 0 Å². The fraction of sp³-hybridized carbons (Fsp3) is 0.389. The highest BCUT2D eigenvalue weighted by Crippen LogP contribution is 2.29. The van der Waals surface area contributed by atoms with E-state index in [2.05, 4.69) is 40.8 Å². The molecule has 2 rings (SSSR count). The molecule has 24 heavy (non-hydrogen) atoms. The lowest BCUT2D eigenvalue weighted by atomic mass is 9.94. The molecule has 0 saturated carbocycles. The van der Waals surface area contributed by atoms with Gasteiger partial charge in [0.15, 0.2) is 5.69 Å². The van der Waals surface area contributed by atoms with Crippen LogP contribution in [0.25, 0.3) is 0 Å². The van der Waals surface area contributed by atoms with Crippen LogP contribution in [-0.4, -0.2) is 40.1 Å². The lowest BCUT2D eigenvalue weighted by molar-refractivity contribution is 0.0690. The van der Waals surface area contributed by atoms with Crippen molar-refractivity contribution >= 4 is 5.97 Å². The maximum Gasteiger partial charge on any atom is 0.356 e. The van der Waals surface area contributed by atoms with Gasteiger partial charge in [0.2, 0.25) is 0 Å². The minimum Gasteiger partial charge on any atom is -0.497 e. The van der Waals surface area contributed by atoms with Gasteiger partial charge in [0, 0.05) is 12.6 Å². The summed E-state index contributed by atoms with van der Waals surface area (Å²) >= 11 is 0. The predicted molar refractivity (Wildman–Crippen MR) is 91.0 cm³/mol. The normalized spacial score (nSPS) is 12.4. The van der Waals surface area contributed by atoms with E-state index in [0.717, 1.165) is 11.4 Å². The van der Waals surface area contributed by atoms with Crippen LogP contribution >= 0.6 is 0 Å². The molecule has 0 radical (unpaired) electrons. The summed E-state index contributed by atoms with van der Waals surface area (Å²) in [5, 5.41) is 8.89. The monoisotopic (exact) mass is 329 g/mol. The first kappa shape index (κ1) is 17.9. The smallest absolute Gasteiger partial charge is 0.356 e. The summed E-state index contributed by atoms with van der Waals surface area (Å²) in [6, 6.07) is 8.26. The average molecular weight is 329 g/mol. The van der Waals surface area contributed by atoms with Gasteiger partial charge in [-0.3, -0.25) is 9.88 Å². The summed E-state index contributed by atoms with van der Waals surface area (Å²) in [5.41, 5.74) is 1.89. The van der Waals surface area contributed by atoms with Crippen molar-refractivity contribution in [2.45, 2.75) is 26.4 Å². The van der Waals surface area contributed by atoms with Crippen molar-refractivity contribution < 1.29 is 14.6 Å². The molecule has 6 heteroatoms. The Hall–Kier alpha value is -2.47. The fourth-order valence-corrected chi connectivity index (χ4v) is 2.85. The molecule has 0 aliphatic rings. The molecule has 1 N–H and O–H groups in total. The molecule has 128 valence electrons. The molecule has 0 aliphatic heterocycles. The number of carboxylic acids is 1. The first-order chi connectivity index (χ1) is 11.4. The van der Waals surface area contributed by atoms with Gasteiger partial charge in [-0.05, 0) is 30.7 Å². The van der Waals surface area contributed by atoms with Crippen LogP contribution in [-0.2, 0) is 6.54 Å². The van der Waals surface area contributed by atoms with E-state index < -0.39 is 5.97 Å². The number of benzene rings is 1. The van der Waals surface area contributed by atoms with E-state index in [0.29, 0.717) is 12.5 Å². The summed E-state index contributed by atoms with van der Waals surface area (Å²) in [7, 11) is 3.68. The SMILES string of the molecule is COc1ccc(C(C(C)C)N(C)Cc2cnc(C(=O)O)cn2)cc1. The third-order valence-electron chi connectivity index (χ3n) is 3.90. The molecule has 6 nitrogen and oxygen atoms in total. The van der Waals surface area contributed by atoms with Crippen LogP contribution in [0.4, 0.5) is 0 Å². The number of hydrogen-bond donors (Lipinski definition) is 1. The van der Waals surface area contributed by atoms with Crippen molar-refractivity contribution in [2.24, 2.45) is 5.92 Å². The number of carboxylic acid groups (broad SMARTS) is 1. The molecule has 0 fully saturated rings. The highest BCUT2D eigenvalue weighted by Gasteiger charge is 2.21. The maximum absolute atomic E-state index is 10.8. The van der Waals surface area contributed by atoms with Crippen molar-refractivity contribution in [2.75, 3.05) is 14.2 Å². The molecule has 1 aromatic heterocycles. The van der Waals surface area contributed by atoms with Crippen LogP contribution in [0.5, 0.6) is 5.75 Å². The first-order valence-electron chi connectivity index (χ1n) is 7.80. The molecule has 1 aromatic carbocycles. The van der Waals surface area contributed by atoms with Crippen LogP contribution in [0.15, 0.2) is 36.7 Å². The van der Waals surface area contributed by atoms with E-state index >= 15 is 0 Å². The van der Waals surface area contributed by atoms with Crippen molar-refractivity contribution in [1.29, 1.82) is 0 Å². The molecule has 0 bridgehead atoms. The standard InChI is InChI=1S/C18H23N3O3/c1-12(2)17(13-5-7-15(24-4)8-6-13)21(3)11-14-9-20-16(10-19-14)18(22)23/h5-10,12,17H,11H2,1-4H3,(H,22,23). The van der Waals surface area contributed by atoms with Gasteiger partial charge < -0.3 is 9.84 Å². The lowest BCUT2D eigenvalue weighted by Gasteiger charge is -2.31. The van der Waals surface area contributed by atoms with Crippen LogP contribution < -0.4 is 4.74 Å². The number of nitrogens with zero attached hydrogens (tertiary/aromatic N) is 3. The molecule has 1 unspecified atom stereocenters.